The number of hydrogen-bond acceptors (Lipinski definition) is 4. The lowest BCUT2D eigenvalue weighted by atomic mass is 10.2. The molecule has 0 aliphatic rings. The molecule has 0 N–H and O–H groups in total. The summed E-state index contributed by atoms with van der Waals surface area (Å²) in [5.41, 5.74) is 0. The quantitative estimate of drug-likeness (QED) is 0.190. The number of likely N-dealkylation sites (N-methyl/N-ethyl adjacent to an activating group) is 1. The first-order chi connectivity index (χ1) is 10.2. The van der Waals surface area contributed by atoms with Gasteiger partial charge in [-0.2, -0.15) is 0 Å². The highest BCUT2D eigenvalue weighted by molar-refractivity contribution is 5.82. The fourth-order valence-electron chi connectivity index (χ4n) is 1.96. The maximum Gasteiger partial charge on any atom is 0.330 e. The zero-order valence-corrected chi connectivity index (χ0v) is 14.2. The number of esters is 1. The zero-order valence-electron chi connectivity index (χ0n) is 14.2. The van der Waals surface area contributed by atoms with E-state index in [1.165, 1.54) is 6.08 Å². The van der Waals surface area contributed by atoms with Gasteiger partial charge in [-0.05, 0) is 25.7 Å². The van der Waals surface area contributed by atoms with Crippen molar-refractivity contribution >= 4 is 11.9 Å². The van der Waals surface area contributed by atoms with Crippen LogP contribution in [0.1, 0.15) is 39.0 Å². The Morgan fingerprint density at radius 1 is 1.14 bits per heavy atom. The molecule has 1 unspecified atom stereocenters. The van der Waals surface area contributed by atoms with Crippen LogP contribution in [0.5, 0.6) is 0 Å². The molecule has 0 aromatic heterocycles. The number of carbonyl (C=O) groups excluding carboxylic acids is 2. The third-order valence-electron chi connectivity index (χ3n) is 2.83. The average molecular weight is 311 g/mol. The van der Waals surface area contributed by atoms with Crippen LogP contribution in [0.25, 0.3) is 0 Å². The van der Waals surface area contributed by atoms with Gasteiger partial charge in [-0.25, -0.2) is 4.79 Å². The Morgan fingerprint density at radius 2 is 1.77 bits per heavy atom. The molecular weight excluding hydrogens is 282 g/mol. The number of aliphatic carboxylic acids is 1. The number of ether oxygens (including phenoxy) is 1. The first kappa shape index (κ1) is 20.4. The predicted octanol–water partition coefficient (Wildman–Crippen LogP) is 1.44. The van der Waals surface area contributed by atoms with Gasteiger partial charge in [-0.1, -0.05) is 25.2 Å². The molecule has 0 aliphatic carbocycles. The van der Waals surface area contributed by atoms with Crippen LogP contribution in [0.15, 0.2) is 24.3 Å². The second-order valence-corrected chi connectivity index (χ2v) is 6.32. The predicted molar refractivity (Wildman–Crippen MR) is 84.8 cm³/mol. The summed E-state index contributed by atoms with van der Waals surface area (Å²) in [5.74, 6) is -1.71. The standard InChI is InChI=1S/C17H29NO4/c1-5-6-7-8-9-10-11-12-17(21)22-15(13-16(19)20)14-18(2,3)4/h6-7,11-12,15H,5,8-10,13-14H2,1-4H3/b7-6+,12-11+. The fraction of sp³-hybridized carbons (Fsp3) is 0.647. The monoisotopic (exact) mass is 311 g/mol. The third-order valence-corrected chi connectivity index (χ3v) is 2.83. The molecule has 0 rings (SSSR count). The van der Waals surface area contributed by atoms with E-state index < -0.39 is 18.0 Å². The summed E-state index contributed by atoms with van der Waals surface area (Å²) in [6.45, 7) is 2.52. The lowest BCUT2D eigenvalue weighted by molar-refractivity contribution is -0.873. The van der Waals surface area contributed by atoms with Gasteiger partial charge >= 0.3 is 5.97 Å². The van der Waals surface area contributed by atoms with E-state index in [1.807, 2.05) is 21.1 Å². The molecule has 22 heavy (non-hydrogen) atoms. The molecule has 5 nitrogen and oxygen atoms in total. The zero-order chi connectivity index (χ0) is 17.0. The maximum atomic E-state index is 11.7. The molecule has 1 atom stereocenters. The van der Waals surface area contributed by atoms with Gasteiger partial charge in [0.1, 0.15) is 6.54 Å². The van der Waals surface area contributed by atoms with E-state index in [1.54, 1.807) is 6.08 Å². The van der Waals surface area contributed by atoms with Crippen molar-refractivity contribution in [3.05, 3.63) is 24.3 Å². The SMILES string of the molecule is CC/C=C/CCC/C=C/C(=O)OC(CC(=O)[O-])C[N+](C)(C)C. The number of carbonyl (C=O) groups is 2. The van der Waals surface area contributed by atoms with Crippen LogP contribution < -0.4 is 5.11 Å². The Bertz CT molecular complexity index is 394. The number of nitrogens with zero attached hydrogens (tertiary/aromatic N) is 1. The Morgan fingerprint density at radius 3 is 2.32 bits per heavy atom. The Hall–Kier alpha value is -1.62. The first-order valence-electron chi connectivity index (χ1n) is 7.77. The van der Waals surface area contributed by atoms with Gasteiger partial charge in [-0.15, -0.1) is 0 Å². The summed E-state index contributed by atoms with van der Waals surface area (Å²) in [7, 11) is 5.74. The molecule has 0 fully saturated rings. The van der Waals surface area contributed by atoms with Crippen molar-refractivity contribution in [1.29, 1.82) is 0 Å². The molecule has 0 aromatic carbocycles. The van der Waals surface area contributed by atoms with Gasteiger partial charge in [0.05, 0.1) is 21.1 Å². The minimum atomic E-state index is -1.21. The van der Waals surface area contributed by atoms with Crippen molar-refractivity contribution in [3.8, 4) is 0 Å². The summed E-state index contributed by atoms with van der Waals surface area (Å²) >= 11 is 0. The highest BCUT2D eigenvalue weighted by atomic mass is 16.5. The molecule has 126 valence electrons. The van der Waals surface area contributed by atoms with Crippen LogP contribution >= 0.6 is 0 Å². The molecule has 0 amide bonds. The topological polar surface area (TPSA) is 66.4 Å². The summed E-state index contributed by atoms with van der Waals surface area (Å²) in [4.78, 5) is 22.4. The highest BCUT2D eigenvalue weighted by Crippen LogP contribution is 2.06. The van der Waals surface area contributed by atoms with Crippen LogP contribution in [0.4, 0.5) is 0 Å². The molecular formula is C17H29NO4. The fourth-order valence-corrected chi connectivity index (χ4v) is 1.96. The van der Waals surface area contributed by atoms with E-state index in [0.29, 0.717) is 11.0 Å². The lowest BCUT2D eigenvalue weighted by Gasteiger charge is -2.29. The minimum Gasteiger partial charge on any atom is -0.550 e. The van der Waals surface area contributed by atoms with Gasteiger partial charge in [0, 0.05) is 18.5 Å². The van der Waals surface area contributed by atoms with Crippen molar-refractivity contribution in [1.82, 2.24) is 0 Å². The normalized spacial score (nSPS) is 13.6. The van der Waals surface area contributed by atoms with Gasteiger partial charge < -0.3 is 19.1 Å². The van der Waals surface area contributed by atoms with Crippen molar-refractivity contribution in [3.63, 3.8) is 0 Å². The third kappa shape index (κ3) is 13.4. The Kier molecular flexibility index (Phi) is 10.2. The lowest BCUT2D eigenvalue weighted by Crippen LogP contribution is -2.45. The number of rotatable bonds is 11. The van der Waals surface area contributed by atoms with Crippen molar-refractivity contribution in [2.24, 2.45) is 0 Å². The molecule has 0 heterocycles. The van der Waals surface area contributed by atoms with Crippen LogP contribution in [-0.2, 0) is 14.3 Å². The number of carboxylic acids is 1. The molecule has 0 saturated heterocycles. The van der Waals surface area contributed by atoms with Crippen LogP contribution in [0, 0.1) is 0 Å². The van der Waals surface area contributed by atoms with Gasteiger partial charge in [0.2, 0.25) is 0 Å². The smallest absolute Gasteiger partial charge is 0.330 e. The number of unbranched alkanes of at least 4 members (excludes halogenated alkanes) is 2. The maximum absolute atomic E-state index is 11.7. The van der Waals surface area contributed by atoms with E-state index in [0.717, 1.165) is 25.7 Å². The molecule has 5 heteroatoms. The van der Waals surface area contributed by atoms with Crippen molar-refractivity contribution < 1.29 is 23.9 Å². The van der Waals surface area contributed by atoms with E-state index in [2.05, 4.69) is 19.1 Å². The van der Waals surface area contributed by atoms with E-state index in [-0.39, 0.29) is 6.42 Å². The molecule has 0 aliphatic heterocycles. The molecule has 0 saturated carbocycles. The largest absolute Gasteiger partial charge is 0.550 e. The van der Waals surface area contributed by atoms with Crippen LogP contribution in [0.2, 0.25) is 0 Å². The molecule has 0 aromatic rings. The van der Waals surface area contributed by atoms with Gasteiger partial charge in [0.25, 0.3) is 0 Å². The van der Waals surface area contributed by atoms with E-state index in [9.17, 15) is 14.7 Å². The van der Waals surface area contributed by atoms with E-state index >= 15 is 0 Å². The van der Waals surface area contributed by atoms with Crippen molar-refractivity contribution in [2.45, 2.75) is 45.1 Å². The molecule has 0 radical (unpaired) electrons. The minimum absolute atomic E-state index is 0.281. The Labute approximate surface area is 133 Å². The summed E-state index contributed by atoms with van der Waals surface area (Å²) in [6, 6.07) is 0. The number of allylic oxidation sites excluding steroid dienone is 3. The summed E-state index contributed by atoms with van der Waals surface area (Å²) < 4.78 is 5.72. The van der Waals surface area contributed by atoms with Crippen LogP contribution in [0.3, 0.4) is 0 Å². The van der Waals surface area contributed by atoms with Gasteiger partial charge in [0.15, 0.2) is 6.10 Å². The van der Waals surface area contributed by atoms with E-state index in [4.69, 9.17) is 4.74 Å². The van der Waals surface area contributed by atoms with Crippen molar-refractivity contribution in [2.75, 3.05) is 27.7 Å². The Balaban J connectivity index is 4.21. The van der Waals surface area contributed by atoms with Gasteiger partial charge in [-0.3, -0.25) is 0 Å². The number of hydrogen-bond donors (Lipinski definition) is 0. The molecule has 0 spiro atoms. The highest BCUT2D eigenvalue weighted by Gasteiger charge is 2.21. The first-order valence-corrected chi connectivity index (χ1v) is 7.77. The number of quaternary nitrogens is 1. The summed E-state index contributed by atoms with van der Waals surface area (Å²) in [5, 5.41) is 10.7. The second-order valence-electron chi connectivity index (χ2n) is 6.32. The van der Waals surface area contributed by atoms with Crippen LogP contribution in [-0.4, -0.2) is 50.2 Å². The molecule has 0 bridgehead atoms. The number of carboxylic acid groups (broad SMARTS) is 1. The second kappa shape index (κ2) is 11.0. The summed E-state index contributed by atoms with van der Waals surface area (Å²) in [6.07, 6.45) is 10.2. The average Bonchev–Trinajstić information content (AvgIpc) is 2.34.